The van der Waals surface area contributed by atoms with E-state index in [2.05, 4.69) is 21.0 Å². The number of ether oxygens (including phenoxy) is 1. The van der Waals surface area contributed by atoms with Crippen molar-refractivity contribution in [3.8, 4) is 5.75 Å². The van der Waals surface area contributed by atoms with Crippen molar-refractivity contribution in [3.63, 3.8) is 0 Å². The molecule has 0 amide bonds. The molecular weight excluding hydrogens is 239 g/mol. The van der Waals surface area contributed by atoms with E-state index >= 15 is 0 Å². The maximum absolute atomic E-state index is 13.4. The van der Waals surface area contributed by atoms with Crippen molar-refractivity contribution in [2.24, 2.45) is 10.9 Å². The number of nitrogens with zero attached hydrogens (tertiary/aromatic N) is 1. The average Bonchev–Trinajstić information content (AvgIpc) is 2.12. The second-order valence-electron chi connectivity index (χ2n) is 2.26. The molecule has 3 nitrogen and oxygen atoms in total. The summed E-state index contributed by atoms with van der Waals surface area (Å²) in [5, 5.41) is 3.25. The normalized spacial score (nSPS) is 10.7. The molecule has 0 radical (unpaired) electrons. The lowest BCUT2D eigenvalue weighted by atomic mass is 10.2. The maximum Gasteiger partial charge on any atom is 0.174 e. The second kappa shape index (κ2) is 4.23. The van der Waals surface area contributed by atoms with Gasteiger partial charge in [-0.25, -0.2) is 4.39 Å². The van der Waals surface area contributed by atoms with Crippen molar-refractivity contribution in [3.05, 3.63) is 28.0 Å². The fourth-order valence-corrected chi connectivity index (χ4v) is 1.31. The summed E-state index contributed by atoms with van der Waals surface area (Å²) in [5.74, 6) is 4.62. The van der Waals surface area contributed by atoms with E-state index in [1.165, 1.54) is 19.4 Å². The van der Waals surface area contributed by atoms with Crippen LogP contribution >= 0.6 is 15.9 Å². The minimum atomic E-state index is -0.480. The highest BCUT2D eigenvalue weighted by molar-refractivity contribution is 9.10. The molecule has 1 aromatic rings. The van der Waals surface area contributed by atoms with Crippen molar-refractivity contribution in [1.82, 2.24) is 0 Å². The molecule has 0 aromatic heterocycles. The first-order valence-corrected chi connectivity index (χ1v) is 4.25. The smallest absolute Gasteiger partial charge is 0.174 e. The number of hydrogen-bond donors (Lipinski definition) is 1. The Bertz CT molecular complexity index is 341. The Morgan fingerprint density at radius 3 is 2.85 bits per heavy atom. The fourth-order valence-electron chi connectivity index (χ4n) is 0.900. The molecule has 0 heterocycles. The number of methoxy groups -OCH3 is 1. The molecular formula is C8H8BrFN2O. The van der Waals surface area contributed by atoms with Crippen LogP contribution in [0.15, 0.2) is 21.7 Å². The zero-order valence-electron chi connectivity index (χ0n) is 6.92. The Labute approximate surface area is 83.5 Å². The number of nitrogens with two attached hydrogens (primary N) is 1. The van der Waals surface area contributed by atoms with Crippen LogP contribution in [0.5, 0.6) is 5.75 Å². The predicted molar refractivity (Wildman–Crippen MR) is 52.4 cm³/mol. The first kappa shape index (κ1) is 9.98. The molecule has 0 aliphatic rings. The van der Waals surface area contributed by atoms with Gasteiger partial charge in [0.25, 0.3) is 0 Å². The van der Waals surface area contributed by atoms with Gasteiger partial charge in [-0.3, -0.25) is 0 Å². The number of halogens is 2. The van der Waals surface area contributed by atoms with Crippen molar-refractivity contribution >= 4 is 22.1 Å². The lowest BCUT2D eigenvalue weighted by molar-refractivity contribution is 0.386. The van der Waals surface area contributed by atoms with Crippen LogP contribution in [0.4, 0.5) is 4.39 Å². The average molecular weight is 247 g/mol. The van der Waals surface area contributed by atoms with Gasteiger partial charge in [0, 0.05) is 10.0 Å². The van der Waals surface area contributed by atoms with E-state index in [0.29, 0.717) is 4.47 Å². The molecule has 2 N–H and O–H groups in total. The third-order valence-electron chi connectivity index (χ3n) is 1.51. The molecule has 1 rings (SSSR count). The van der Waals surface area contributed by atoms with Crippen molar-refractivity contribution < 1.29 is 9.13 Å². The quantitative estimate of drug-likeness (QED) is 0.492. The summed E-state index contributed by atoms with van der Waals surface area (Å²) in [6.45, 7) is 0. The lowest BCUT2D eigenvalue weighted by Gasteiger charge is -2.05. The topological polar surface area (TPSA) is 47.6 Å². The summed E-state index contributed by atoms with van der Waals surface area (Å²) >= 11 is 3.17. The zero-order valence-corrected chi connectivity index (χ0v) is 8.51. The molecule has 5 heteroatoms. The summed E-state index contributed by atoms with van der Waals surface area (Å²) in [4.78, 5) is 0. The number of benzene rings is 1. The minimum Gasteiger partial charge on any atom is -0.494 e. The predicted octanol–water partition coefficient (Wildman–Crippen LogP) is 1.89. The molecule has 0 saturated heterocycles. The summed E-state index contributed by atoms with van der Waals surface area (Å²) < 4.78 is 18.8. The van der Waals surface area contributed by atoms with Gasteiger partial charge in [0.15, 0.2) is 11.6 Å². The van der Waals surface area contributed by atoms with Crippen molar-refractivity contribution in [2.75, 3.05) is 7.11 Å². The van der Waals surface area contributed by atoms with E-state index in [1.807, 2.05) is 0 Å². The second-order valence-corrected chi connectivity index (χ2v) is 3.11. The number of rotatable bonds is 2. The molecule has 0 atom stereocenters. The monoisotopic (exact) mass is 246 g/mol. The van der Waals surface area contributed by atoms with Gasteiger partial charge >= 0.3 is 0 Å². The molecule has 0 unspecified atom stereocenters. The fraction of sp³-hybridized carbons (Fsp3) is 0.125. The van der Waals surface area contributed by atoms with Gasteiger partial charge in [-0.15, -0.1) is 0 Å². The number of hydrogen-bond acceptors (Lipinski definition) is 3. The molecule has 0 saturated carbocycles. The molecule has 70 valence electrons. The Morgan fingerprint density at radius 2 is 2.31 bits per heavy atom. The van der Waals surface area contributed by atoms with Crippen LogP contribution < -0.4 is 10.6 Å². The first-order valence-electron chi connectivity index (χ1n) is 3.46. The summed E-state index contributed by atoms with van der Waals surface area (Å²) in [5.41, 5.74) is 0.279. The van der Waals surface area contributed by atoms with Crippen LogP contribution in [0, 0.1) is 5.82 Å². The van der Waals surface area contributed by atoms with Gasteiger partial charge in [0.1, 0.15) is 0 Å². The van der Waals surface area contributed by atoms with E-state index in [9.17, 15) is 4.39 Å². The van der Waals surface area contributed by atoms with Crippen LogP contribution in [0.25, 0.3) is 0 Å². The summed E-state index contributed by atoms with van der Waals surface area (Å²) in [6, 6.07) is 3.19. The third-order valence-corrected chi connectivity index (χ3v) is 2.21. The third kappa shape index (κ3) is 1.98. The Morgan fingerprint density at radius 1 is 1.62 bits per heavy atom. The highest BCUT2D eigenvalue weighted by Gasteiger charge is 2.10. The van der Waals surface area contributed by atoms with Crippen molar-refractivity contribution in [1.29, 1.82) is 0 Å². The van der Waals surface area contributed by atoms with Crippen LogP contribution in [0.1, 0.15) is 5.56 Å². The van der Waals surface area contributed by atoms with E-state index in [0.717, 1.165) is 0 Å². The first-order chi connectivity index (χ1) is 6.20. The van der Waals surface area contributed by atoms with E-state index in [4.69, 9.17) is 10.6 Å². The van der Waals surface area contributed by atoms with Gasteiger partial charge in [-0.1, -0.05) is 15.9 Å². The van der Waals surface area contributed by atoms with E-state index in [1.54, 1.807) is 6.07 Å². The molecule has 0 aliphatic heterocycles. The molecule has 1 aromatic carbocycles. The van der Waals surface area contributed by atoms with E-state index in [-0.39, 0.29) is 11.3 Å². The minimum absolute atomic E-state index is 0.165. The Kier molecular flexibility index (Phi) is 3.25. The standard InChI is InChI=1S/C8H8BrFN2O/c1-13-7-3-2-6(9)5(4-12-11)8(7)10/h2-4H,11H2,1H3. The molecule has 0 spiro atoms. The summed E-state index contributed by atoms with van der Waals surface area (Å²) in [7, 11) is 1.40. The lowest BCUT2D eigenvalue weighted by Crippen LogP contribution is -1.96. The van der Waals surface area contributed by atoms with Crippen LogP contribution in [0.3, 0.4) is 0 Å². The number of hydrazone groups is 1. The van der Waals surface area contributed by atoms with Gasteiger partial charge < -0.3 is 10.6 Å². The highest BCUT2D eigenvalue weighted by atomic mass is 79.9. The Balaban J connectivity index is 3.29. The summed E-state index contributed by atoms with van der Waals surface area (Å²) in [6.07, 6.45) is 1.22. The molecule has 13 heavy (non-hydrogen) atoms. The van der Waals surface area contributed by atoms with E-state index < -0.39 is 5.82 Å². The van der Waals surface area contributed by atoms with Crippen LogP contribution in [-0.4, -0.2) is 13.3 Å². The van der Waals surface area contributed by atoms with Crippen LogP contribution in [0.2, 0.25) is 0 Å². The zero-order chi connectivity index (χ0) is 9.84. The highest BCUT2D eigenvalue weighted by Crippen LogP contribution is 2.25. The SMILES string of the molecule is COc1ccc(Br)c(C=NN)c1F. The van der Waals surface area contributed by atoms with Gasteiger partial charge in [0.2, 0.25) is 0 Å². The molecule has 0 bridgehead atoms. The van der Waals surface area contributed by atoms with Crippen molar-refractivity contribution in [2.45, 2.75) is 0 Å². The largest absolute Gasteiger partial charge is 0.494 e. The van der Waals surface area contributed by atoms with Gasteiger partial charge in [-0.2, -0.15) is 5.10 Å². The van der Waals surface area contributed by atoms with Crippen LogP contribution in [-0.2, 0) is 0 Å². The van der Waals surface area contributed by atoms with Gasteiger partial charge in [0.05, 0.1) is 13.3 Å². The molecule has 0 fully saturated rings. The van der Waals surface area contributed by atoms with Gasteiger partial charge in [-0.05, 0) is 12.1 Å². The Hall–Kier alpha value is -1.10. The molecule has 0 aliphatic carbocycles. The maximum atomic E-state index is 13.4.